The lowest BCUT2D eigenvalue weighted by molar-refractivity contribution is -0.137. The van der Waals surface area contributed by atoms with Crippen molar-refractivity contribution in [3.63, 3.8) is 0 Å². The summed E-state index contributed by atoms with van der Waals surface area (Å²) in [5.41, 5.74) is 1.80. The van der Waals surface area contributed by atoms with Gasteiger partial charge in [-0.15, -0.1) is 0 Å². The number of benzene rings is 2. The minimum Gasteiger partial charge on any atom is -0.463 e. The zero-order valence-electron chi connectivity index (χ0n) is 24.7. The summed E-state index contributed by atoms with van der Waals surface area (Å²) in [6.45, 7) is 4.32. The van der Waals surface area contributed by atoms with E-state index < -0.39 is 24.1 Å². The fraction of sp³-hybridized carbons (Fsp3) is 0.438. The number of carbonyl (C=O) groups is 4. The Hall–Kier alpha value is -4.38. The molecule has 1 heterocycles. The Morgan fingerprint density at radius 3 is 2.26 bits per heavy atom. The molecule has 11 heteroatoms. The van der Waals surface area contributed by atoms with Gasteiger partial charge < -0.3 is 35.1 Å². The van der Waals surface area contributed by atoms with E-state index in [1.807, 2.05) is 60.7 Å². The predicted octanol–water partition coefficient (Wildman–Crippen LogP) is 3.34. The summed E-state index contributed by atoms with van der Waals surface area (Å²) in [6, 6.07) is 17.2. The molecule has 0 spiro atoms. The molecule has 2 aromatic rings. The number of alkyl carbamates (subject to hydrolysis) is 1. The second-order valence-electron chi connectivity index (χ2n) is 10.0. The fourth-order valence-corrected chi connectivity index (χ4v) is 4.40. The van der Waals surface area contributed by atoms with E-state index in [4.69, 9.17) is 14.2 Å². The first-order chi connectivity index (χ1) is 20.9. The van der Waals surface area contributed by atoms with Gasteiger partial charge in [0.2, 0.25) is 5.91 Å². The number of carbonyl (C=O) groups excluding carboxylic acids is 4. The number of rotatable bonds is 15. The third-order valence-corrected chi connectivity index (χ3v) is 6.70. The SMILES string of the molecule is CCOC(=O)C=C[C@H](CCCCNC(=O)OCc1ccccc1)NC(=O)[C@H](Cc1ccccc1)NC(=O)N1CCOCC1. The molecule has 0 aromatic heterocycles. The standard InChI is InChI=1S/C32H42N4O7/c1-2-42-29(37)17-16-27(15-9-10-18-33-32(40)43-24-26-13-7-4-8-14-26)34-30(38)28(23-25-11-5-3-6-12-25)35-31(39)36-19-21-41-22-20-36/h3-8,11-14,16-17,27-28H,2,9-10,15,18-24H2,1H3,(H,33,40)(H,34,38)(H,35,39)/t27-,28-/m0/s1. The third kappa shape index (κ3) is 13.0. The minimum absolute atomic E-state index is 0.186. The van der Waals surface area contributed by atoms with Crippen molar-refractivity contribution in [1.29, 1.82) is 0 Å². The van der Waals surface area contributed by atoms with Gasteiger partial charge in [0.25, 0.3) is 0 Å². The second-order valence-corrected chi connectivity index (χ2v) is 10.0. The maximum atomic E-state index is 13.5. The van der Waals surface area contributed by atoms with Crippen molar-refractivity contribution in [2.45, 2.75) is 51.3 Å². The molecule has 1 saturated heterocycles. The Kier molecular flexibility index (Phi) is 14.6. The van der Waals surface area contributed by atoms with Gasteiger partial charge in [0.15, 0.2) is 0 Å². The number of urea groups is 1. The lowest BCUT2D eigenvalue weighted by Gasteiger charge is -2.29. The molecule has 0 saturated carbocycles. The van der Waals surface area contributed by atoms with E-state index >= 15 is 0 Å². The number of hydrogen-bond acceptors (Lipinski definition) is 7. The number of esters is 1. The maximum absolute atomic E-state index is 13.5. The Balaban J connectivity index is 1.56. The number of hydrogen-bond donors (Lipinski definition) is 3. The molecule has 1 aliphatic rings. The highest BCUT2D eigenvalue weighted by Gasteiger charge is 2.26. The monoisotopic (exact) mass is 594 g/mol. The lowest BCUT2D eigenvalue weighted by Crippen LogP contribution is -2.55. The topological polar surface area (TPSA) is 135 Å². The van der Waals surface area contributed by atoms with Crippen LogP contribution < -0.4 is 16.0 Å². The Morgan fingerprint density at radius 1 is 0.907 bits per heavy atom. The van der Waals surface area contributed by atoms with E-state index in [2.05, 4.69) is 16.0 Å². The summed E-state index contributed by atoms with van der Waals surface area (Å²) in [4.78, 5) is 52.1. The summed E-state index contributed by atoms with van der Waals surface area (Å²) < 4.78 is 15.6. The van der Waals surface area contributed by atoms with Crippen LogP contribution in [-0.4, -0.2) is 80.4 Å². The zero-order chi connectivity index (χ0) is 30.7. The number of ether oxygens (including phenoxy) is 3. The molecule has 3 N–H and O–H groups in total. The highest BCUT2D eigenvalue weighted by atomic mass is 16.5. The molecule has 2 atom stereocenters. The molecule has 0 aliphatic carbocycles. The molecule has 3 rings (SSSR count). The molecule has 1 aliphatic heterocycles. The third-order valence-electron chi connectivity index (χ3n) is 6.70. The van der Waals surface area contributed by atoms with Crippen LogP contribution in [0, 0.1) is 0 Å². The molecule has 4 amide bonds. The predicted molar refractivity (Wildman–Crippen MR) is 161 cm³/mol. The highest BCUT2D eigenvalue weighted by molar-refractivity contribution is 5.88. The van der Waals surface area contributed by atoms with E-state index in [9.17, 15) is 19.2 Å². The van der Waals surface area contributed by atoms with Gasteiger partial charge in [0.05, 0.1) is 19.8 Å². The first-order valence-corrected chi connectivity index (χ1v) is 14.7. The van der Waals surface area contributed by atoms with E-state index in [0.717, 1.165) is 11.1 Å². The van der Waals surface area contributed by atoms with Crippen LogP contribution in [0.2, 0.25) is 0 Å². The molecule has 0 radical (unpaired) electrons. The van der Waals surface area contributed by atoms with Crippen molar-refractivity contribution in [1.82, 2.24) is 20.9 Å². The largest absolute Gasteiger partial charge is 0.463 e. The number of morpholine rings is 1. The summed E-state index contributed by atoms with van der Waals surface area (Å²) in [5.74, 6) is -0.877. The van der Waals surface area contributed by atoms with Crippen LogP contribution in [0.1, 0.15) is 37.3 Å². The van der Waals surface area contributed by atoms with Gasteiger partial charge >= 0.3 is 18.1 Å². The van der Waals surface area contributed by atoms with E-state index in [0.29, 0.717) is 58.5 Å². The van der Waals surface area contributed by atoms with Gasteiger partial charge in [-0.05, 0) is 37.3 Å². The highest BCUT2D eigenvalue weighted by Crippen LogP contribution is 2.09. The fourth-order valence-electron chi connectivity index (χ4n) is 4.40. The minimum atomic E-state index is -0.836. The number of unbranched alkanes of at least 4 members (excludes halogenated alkanes) is 1. The van der Waals surface area contributed by atoms with Crippen molar-refractivity contribution < 1.29 is 33.4 Å². The summed E-state index contributed by atoms with van der Waals surface area (Å²) in [5, 5.41) is 8.59. The van der Waals surface area contributed by atoms with Crippen molar-refractivity contribution in [2.75, 3.05) is 39.5 Å². The summed E-state index contributed by atoms with van der Waals surface area (Å²) in [7, 11) is 0. The van der Waals surface area contributed by atoms with Crippen molar-refractivity contribution in [3.8, 4) is 0 Å². The zero-order valence-corrected chi connectivity index (χ0v) is 24.7. The van der Waals surface area contributed by atoms with Crippen molar-refractivity contribution in [2.24, 2.45) is 0 Å². The second kappa shape index (κ2) is 18.9. The Labute approximate surface area is 252 Å². The first kappa shape index (κ1) is 33.1. The normalized spacial score (nSPS) is 14.4. The van der Waals surface area contributed by atoms with Crippen LogP contribution in [-0.2, 0) is 36.8 Å². The van der Waals surface area contributed by atoms with Crippen LogP contribution in [0.3, 0.4) is 0 Å². The lowest BCUT2D eigenvalue weighted by atomic mass is 10.0. The number of nitrogens with zero attached hydrogens (tertiary/aromatic N) is 1. The van der Waals surface area contributed by atoms with Crippen molar-refractivity contribution in [3.05, 3.63) is 83.9 Å². The van der Waals surface area contributed by atoms with Gasteiger partial charge in [0, 0.05) is 38.2 Å². The molecule has 1 fully saturated rings. The quantitative estimate of drug-likeness (QED) is 0.164. The summed E-state index contributed by atoms with van der Waals surface area (Å²) in [6.07, 6.45) is 4.45. The average Bonchev–Trinajstić information content (AvgIpc) is 3.03. The molecule has 11 nitrogen and oxygen atoms in total. The molecule has 0 unspecified atom stereocenters. The van der Waals surface area contributed by atoms with Gasteiger partial charge in [-0.25, -0.2) is 14.4 Å². The summed E-state index contributed by atoms with van der Waals surface area (Å²) >= 11 is 0. The van der Waals surface area contributed by atoms with E-state index in [1.165, 1.54) is 6.08 Å². The van der Waals surface area contributed by atoms with Crippen LogP contribution in [0.4, 0.5) is 9.59 Å². The maximum Gasteiger partial charge on any atom is 0.407 e. The van der Waals surface area contributed by atoms with Crippen LogP contribution >= 0.6 is 0 Å². The van der Waals surface area contributed by atoms with Crippen LogP contribution in [0.25, 0.3) is 0 Å². The van der Waals surface area contributed by atoms with E-state index in [-0.39, 0.29) is 25.2 Å². The van der Waals surface area contributed by atoms with Gasteiger partial charge in [0.1, 0.15) is 12.6 Å². The molecule has 2 aromatic carbocycles. The Morgan fingerprint density at radius 2 is 1.58 bits per heavy atom. The van der Waals surface area contributed by atoms with E-state index in [1.54, 1.807) is 17.9 Å². The van der Waals surface area contributed by atoms with Gasteiger partial charge in [-0.1, -0.05) is 66.7 Å². The number of nitrogens with one attached hydrogen (secondary N) is 3. The van der Waals surface area contributed by atoms with Gasteiger partial charge in [-0.2, -0.15) is 0 Å². The Bertz CT molecular complexity index is 1170. The average molecular weight is 595 g/mol. The van der Waals surface area contributed by atoms with Gasteiger partial charge in [-0.3, -0.25) is 4.79 Å². The molecular weight excluding hydrogens is 552 g/mol. The van der Waals surface area contributed by atoms with Crippen molar-refractivity contribution >= 4 is 24.0 Å². The molecule has 232 valence electrons. The number of amides is 4. The molecular formula is C32H42N4O7. The van der Waals surface area contributed by atoms with Crippen LogP contribution in [0.15, 0.2) is 72.8 Å². The smallest absolute Gasteiger partial charge is 0.407 e. The van der Waals surface area contributed by atoms with Crippen LogP contribution in [0.5, 0.6) is 0 Å². The first-order valence-electron chi connectivity index (χ1n) is 14.7. The molecule has 43 heavy (non-hydrogen) atoms. The molecule has 0 bridgehead atoms.